The number of hydrogen-bond donors (Lipinski definition) is 1. The van der Waals surface area contributed by atoms with Gasteiger partial charge in [-0.1, -0.05) is 29.8 Å². The quantitative estimate of drug-likeness (QED) is 0.249. The summed E-state index contributed by atoms with van der Waals surface area (Å²) in [7, 11) is 0. The normalized spacial score (nSPS) is 24.8. The molecule has 4 atom stereocenters. The van der Waals surface area contributed by atoms with Gasteiger partial charge in [0.05, 0.1) is 23.6 Å². The Kier molecular flexibility index (Phi) is 5.93. The third-order valence-electron chi connectivity index (χ3n) is 9.12. The fourth-order valence-electron chi connectivity index (χ4n) is 7.12. The first-order valence-corrected chi connectivity index (χ1v) is 15.0. The molecule has 2 bridgehead atoms. The number of hydrogen-bond acceptors (Lipinski definition) is 5. The minimum atomic E-state index is -0.265. The van der Waals surface area contributed by atoms with Crippen molar-refractivity contribution in [3.8, 4) is 5.00 Å². The van der Waals surface area contributed by atoms with Crippen molar-refractivity contribution in [1.82, 2.24) is 9.58 Å². The van der Waals surface area contributed by atoms with Crippen LogP contribution in [0.4, 0.5) is 5.69 Å². The monoisotopic (exact) mass is 552 g/mol. The molecule has 3 aromatic rings. The number of hydrazone groups is 1. The van der Waals surface area contributed by atoms with Crippen LogP contribution < -0.4 is 5.32 Å². The number of imide groups is 1. The molecule has 204 valence electrons. The summed E-state index contributed by atoms with van der Waals surface area (Å²) in [6.45, 7) is 6.05. The summed E-state index contributed by atoms with van der Waals surface area (Å²) in [5, 5.41) is 9.55. The molecule has 3 amide bonds. The summed E-state index contributed by atoms with van der Waals surface area (Å²) >= 11 is 1.69. The second-order valence-electron chi connectivity index (χ2n) is 11.6. The summed E-state index contributed by atoms with van der Waals surface area (Å²) < 4.78 is 2.13. The van der Waals surface area contributed by atoms with Crippen molar-refractivity contribution in [1.29, 1.82) is 0 Å². The molecule has 1 aliphatic heterocycles. The average Bonchev–Trinajstić information content (AvgIpc) is 3.74. The number of nitrogens with one attached hydrogen (secondary N) is 1. The van der Waals surface area contributed by atoms with E-state index in [1.165, 1.54) is 4.88 Å². The van der Waals surface area contributed by atoms with Crippen molar-refractivity contribution in [2.75, 3.05) is 5.32 Å². The number of rotatable bonds is 5. The van der Waals surface area contributed by atoms with Crippen LogP contribution in [0.1, 0.15) is 62.6 Å². The van der Waals surface area contributed by atoms with E-state index in [0.29, 0.717) is 0 Å². The standard InChI is InChI=1S/C32H32N4O3S/c1-17-8-12-23(13-9-17)34-29(37)28-24-6-4-5-7-25(24)40-32(28)35-18(2)14-22(19(35)3)16-33-36-30(38)26-20-10-11-21(15-20)27(26)31(36)39/h8-14,16,20-21,26-27H,4-7,15H2,1-3H3,(H,34,37)/t20-,21-,26-,27+/m0/s1. The van der Waals surface area contributed by atoms with E-state index in [9.17, 15) is 14.4 Å². The maximum absolute atomic E-state index is 13.8. The summed E-state index contributed by atoms with van der Waals surface area (Å²) in [6, 6.07) is 9.87. The topological polar surface area (TPSA) is 83.8 Å². The highest BCUT2D eigenvalue weighted by molar-refractivity contribution is 7.15. The molecule has 7 nitrogen and oxygen atoms in total. The Morgan fingerprint density at radius 2 is 1.68 bits per heavy atom. The molecule has 1 N–H and O–H groups in total. The van der Waals surface area contributed by atoms with Gasteiger partial charge in [-0.25, -0.2) is 0 Å². The summed E-state index contributed by atoms with van der Waals surface area (Å²) in [4.78, 5) is 41.2. The predicted octanol–water partition coefficient (Wildman–Crippen LogP) is 5.74. The second-order valence-corrected chi connectivity index (χ2v) is 12.7. The van der Waals surface area contributed by atoms with Gasteiger partial charge < -0.3 is 9.88 Å². The van der Waals surface area contributed by atoms with Gasteiger partial charge in [-0.3, -0.25) is 14.4 Å². The van der Waals surface area contributed by atoms with Crippen LogP contribution in [0, 0.1) is 44.4 Å². The Bertz CT molecular complexity index is 1600. The van der Waals surface area contributed by atoms with E-state index < -0.39 is 0 Å². The molecule has 0 unspecified atom stereocenters. The molecule has 3 heterocycles. The van der Waals surface area contributed by atoms with Crippen LogP contribution in [0.5, 0.6) is 0 Å². The minimum Gasteiger partial charge on any atom is -0.322 e. The highest BCUT2D eigenvalue weighted by Crippen LogP contribution is 2.52. The number of benzene rings is 1. The maximum atomic E-state index is 13.8. The van der Waals surface area contributed by atoms with Gasteiger partial charge in [0.2, 0.25) is 0 Å². The lowest BCUT2D eigenvalue weighted by atomic mass is 9.85. The lowest BCUT2D eigenvalue weighted by Gasteiger charge is -2.14. The number of amides is 3. The van der Waals surface area contributed by atoms with E-state index in [1.54, 1.807) is 17.6 Å². The van der Waals surface area contributed by atoms with Gasteiger partial charge >= 0.3 is 0 Å². The Morgan fingerprint density at radius 3 is 2.38 bits per heavy atom. The summed E-state index contributed by atoms with van der Waals surface area (Å²) in [5.41, 5.74) is 6.54. The largest absolute Gasteiger partial charge is 0.322 e. The van der Waals surface area contributed by atoms with Gasteiger partial charge in [0.25, 0.3) is 17.7 Å². The summed E-state index contributed by atoms with van der Waals surface area (Å²) in [5.74, 6) is -0.671. The fraction of sp³-hybridized carbons (Fsp3) is 0.375. The third kappa shape index (κ3) is 3.84. The van der Waals surface area contributed by atoms with Crippen LogP contribution >= 0.6 is 11.3 Å². The van der Waals surface area contributed by atoms with Crippen LogP contribution in [0.15, 0.2) is 47.6 Å². The molecule has 7 rings (SSSR count). The zero-order valence-electron chi connectivity index (χ0n) is 22.9. The van der Waals surface area contributed by atoms with E-state index in [-0.39, 0.29) is 41.4 Å². The molecule has 8 heteroatoms. The number of nitrogens with zero attached hydrogens (tertiary/aromatic N) is 3. The average molecular weight is 553 g/mol. The predicted molar refractivity (Wildman–Crippen MR) is 156 cm³/mol. The second kappa shape index (κ2) is 9.41. The van der Waals surface area contributed by atoms with Gasteiger partial charge in [-0.05, 0) is 88.5 Å². The zero-order chi connectivity index (χ0) is 27.7. The Morgan fingerprint density at radius 1 is 1.00 bits per heavy atom. The van der Waals surface area contributed by atoms with Crippen LogP contribution in [0.3, 0.4) is 0 Å². The fourth-order valence-corrected chi connectivity index (χ4v) is 8.62. The molecule has 2 aromatic heterocycles. The zero-order valence-corrected chi connectivity index (χ0v) is 23.8. The molecule has 0 radical (unpaired) electrons. The van der Waals surface area contributed by atoms with Crippen molar-refractivity contribution in [3.63, 3.8) is 0 Å². The van der Waals surface area contributed by atoms with Crippen molar-refractivity contribution in [3.05, 3.63) is 81.0 Å². The van der Waals surface area contributed by atoms with Gasteiger partial charge in [-0.2, -0.15) is 10.1 Å². The van der Waals surface area contributed by atoms with Gasteiger partial charge in [0.15, 0.2) is 0 Å². The molecular formula is C32H32N4O3S. The van der Waals surface area contributed by atoms with E-state index >= 15 is 0 Å². The summed E-state index contributed by atoms with van der Waals surface area (Å²) in [6.07, 6.45) is 10.8. The number of anilines is 1. The number of aryl methyl sites for hydroxylation is 3. The lowest BCUT2D eigenvalue weighted by Crippen LogP contribution is -2.28. The number of thiophene rings is 1. The maximum Gasteiger partial charge on any atom is 0.258 e. The van der Waals surface area contributed by atoms with Crippen molar-refractivity contribution < 1.29 is 14.4 Å². The first kappa shape index (κ1) is 25.2. The lowest BCUT2D eigenvalue weighted by molar-refractivity contribution is -0.140. The van der Waals surface area contributed by atoms with E-state index in [1.807, 2.05) is 51.1 Å². The molecule has 40 heavy (non-hydrogen) atoms. The van der Waals surface area contributed by atoms with Crippen LogP contribution in [-0.4, -0.2) is 33.5 Å². The molecule has 1 saturated carbocycles. The Hall–Kier alpha value is -3.78. The molecule has 1 aromatic carbocycles. The van der Waals surface area contributed by atoms with Gasteiger partial charge in [0.1, 0.15) is 5.00 Å². The first-order chi connectivity index (χ1) is 19.3. The molecular weight excluding hydrogens is 520 g/mol. The molecule has 3 aliphatic carbocycles. The minimum absolute atomic E-state index is 0.0935. The van der Waals surface area contributed by atoms with E-state index in [0.717, 1.165) is 81.4 Å². The number of carbonyl (C=O) groups excluding carboxylic acids is 3. The van der Waals surface area contributed by atoms with Crippen molar-refractivity contribution in [2.24, 2.45) is 28.8 Å². The van der Waals surface area contributed by atoms with Crippen LogP contribution in [0.25, 0.3) is 5.00 Å². The highest BCUT2D eigenvalue weighted by atomic mass is 32.1. The van der Waals surface area contributed by atoms with Crippen LogP contribution in [-0.2, 0) is 22.4 Å². The van der Waals surface area contributed by atoms with Crippen molar-refractivity contribution >= 4 is 41.0 Å². The Balaban J connectivity index is 1.22. The number of allylic oxidation sites excluding steroid dienone is 2. The van der Waals surface area contributed by atoms with Gasteiger partial charge in [0, 0.05) is 27.5 Å². The number of carbonyl (C=O) groups is 3. The SMILES string of the molecule is Cc1ccc(NC(=O)c2c(-n3c(C)cc(C=NN4C(=O)[C@@H]5[C@H](C4=O)[C@H]4C=C[C@H]5C4)c3C)sc3c2CCCC3)cc1. The van der Waals surface area contributed by atoms with E-state index in [4.69, 9.17) is 0 Å². The molecule has 1 saturated heterocycles. The smallest absolute Gasteiger partial charge is 0.258 e. The Labute approximate surface area is 237 Å². The number of aromatic nitrogens is 1. The molecule has 0 spiro atoms. The first-order valence-electron chi connectivity index (χ1n) is 14.1. The number of fused-ring (bicyclic) bond motifs is 6. The third-order valence-corrected chi connectivity index (χ3v) is 10.4. The van der Waals surface area contributed by atoms with Gasteiger partial charge in [-0.15, -0.1) is 11.3 Å². The van der Waals surface area contributed by atoms with E-state index in [2.05, 4.69) is 27.1 Å². The molecule has 2 fully saturated rings. The molecule has 4 aliphatic rings. The van der Waals surface area contributed by atoms with Crippen LogP contribution in [0.2, 0.25) is 0 Å². The van der Waals surface area contributed by atoms with Crippen molar-refractivity contribution in [2.45, 2.75) is 52.9 Å². The highest BCUT2D eigenvalue weighted by Gasteiger charge is 2.59.